The van der Waals surface area contributed by atoms with Gasteiger partial charge in [-0.1, -0.05) is 19.8 Å². The van der Waals surface area contributed by atoms with Crippen LogP contribution in [0.1, 0.15) is 45.4 Å². The number of ketones is 1. The van der Waals surface area contributed by atoms with Crippen molar-refractivity contribution in [3.8, 4) is 0 Å². The third kappa shape index (κ3) is 3.61. The quantitative estimate of drug-likeness (QED) is 0.656. The molecule has 1 nitrogen and oxygen atoms in total. The first kappa shape index (κ1) is 10.1. The van der Waals surface area contributed by atoms with Gasteiger partial charge < -0.3 is 0 Å². The highest BCUT2D eigenvalue weighted by Crippen LogP contribution is 2.29. The Balaban J connectivity index is 2.03. The van der Waals surface area contributed by atoms with Gasteiger partial charge in [-0.05, 0) is 19.3 Å². The first-order valence-corrected chi connectivity index (χ1v) is 6.01. The van der Waals surface area contributed by atoms with E-state index < -0.39 is 0 Å². The Labute approximate surface area is 79.3 Å². The van der Waals surface area contributed by atoms with E-state index in [1.54, 1.807) is 0 Å². The molecule has 0 aromatic carbocycles. The molecule has 0 saturated heterocycles. The van der Waals surface area contributed by atoms with E-state index >= 15 is 0 Å². The molecule has 1 aliphatic carbocycles. The fourth-order valence-corrected chi connectivity index (χ4v) is 2.85. The van der Waals surface area contributed by atoms with Crippen LogP contribution in [0, 0.1) is 0 Å². The van der Waals surface area contributed by atoms with E-state index in [-0.39, 0.29) is 0 Å². The summed E-state index contributed by atoms with van der Waals surface area (Å²) in [5.41, 5.74) is 0. The van der Waals surface area contributed by atoms with Gasteiger partial charge >= 0.3 is 0 Å². The number of Topliss-reactive ketones (excluding diaryl/α,β-unsaturated/α-hetero) is 1. The highest BCUT2D eigenvalue weighted by molar-refractivity contribution is 8.00. The maximum atomic E-state index is 11.2. The highest BCUT2D eigenvalue weighted by atomic mass is 32.2. The number of thioether (sulfide) groups is 1. The molecule has 0 spiro atoms. The minimum absolute atomic E-state index is 0.439. The van der Waals surface area contributed by atoms with Crippen LogP contribution in [-0.2, 0) is 4.79 Å². The molecule has 0 bridgehead atoms. The third-order valence-electron chi connectivity index (χ3n) is 2.31. The molecule has 0 aromatic rings. The van der Waals surface area contributed by atoms with Gasteiger partial charge in [0.15, 0.2) is 0 Å². The molecule has 1 fully saturated rings. The first-order chi connectivity index (χ1) is 5.83. The van der Waals surface area contributed by atoms with Crippen molar-refractivity contribution in [3.63, 3.8) is 0 Å². The first-order valence-electron chi connectivity index (χ1n) is 4.96. The summed E-state index contributed by atoms with van der Waals surface area (Å²) in [6, 6.07) is 0. The van der Waals surface area contributed by atoms with Crippen molar-refractivity contribution in [2.24, 2.45) is 0 Å². The van der Waals surface area contributed by atoms with Gasteiger partial charge in [-0.25, -0.2) is 0 Å². The molecule has 0 unspecified atom stereocenters. The fourth-order valence-electron chi connectivity index (χ4n) is 1.62. The molecule has 0 aromatic heterocycles. The number of rotatable bonds is 5. The molecule has 1 saturated carbocycles. The Morgan fingerprint density at radius 3 is 2.67 bits per heavy atom. The molecule has 1 rings (SSSR count). The van der Waals surface area contributed by atoms with Crippen molar-refractivity contribution in [2.75, 3.05) is 5.75 Å². The Morgan fingerprint density at radius 2 is 2.08 bits per heavy atom. The monoisotopic (exact) mass is 186 g/mol. The topological polar surface area (TPSA) is 17.1 Å². The molecule has 2 heteroatoms. The van der Waals surface area contributed by atoms with E-state index in [9.17, 15) is 4.79 Å². The molecule has 0 aliphatic heterocycles. The highest BCUT2D eigenvalue weighted by Gasteiger charge is 2.15. The van der Waals surface area contributed by atoms with Crippen molar-refractivity contribution in [1.29, 1.82) is 0 Å². The van der Waals surface area contributed by atoms with Gasteiger partial charge in [0.05, 0.1) is 5.75 Å². The van der Waals surface area contributed by atoms with Crippen LogP contribution in [-0.4, -0.2) is 16.8 Å². The van der Waals surface area contributed by atoms with Gasteiger partial charge in [0, 0.05) is 11.7 Å². The minimum atomic E-state index is 0.439. The van der Waals surface area contributed by atoms with Crippen LogP contribution < -0.4 is 0 Å². The lowest BCUT2D eigenvalue weighted by Crippen LogP contribution is -2.05. The Morgan fingerprint density at radius 1 is 1.42 bits per heavy atom. The largest absolute Gasteiger partial charge is 0.299 e. The van der Waals surface area contributed by atoms with E-state index in [0.29, 0.717) is 5.78 Å². The van der Waals surface area contributed by atoms with Crippen molar-refractivity contribution in [1.82, 2.24) is 0 Å². The van der Waals surface area contributed by atoms with Gasteiger partial charge in [-0.15, -0.1) is 0 Å². The second-order valence-electron chi connectivity index (χ2n) is 3.51. The van der Waals surface area contributed by atoms with E-state index in [1.807, 2.05) is 11.8 Å². The van der Waals surface area contributed by atoms with Gasteiger partial charge in [-0.3, -0.25) is 4.79 Å². The zero-order valence-electron chi connectivity index (χ0n) is 7.84. The van der Waals surface area contributed by atoms with E-state index in [1.165, 1.54) is 25.7 Å². The molecule has 0 N–H and O–H groups in total. The zero-order valence-corrected chi connectivity index (χ0v) is 8.66. The molecule has 0 radical (unpaired) electrons. The molecule has 0 heterocycles. The maximum absolute atomic E-state index is 11.2. The molecule has 0 amide bonds. The third-order valence-corrected chi connectivity index (χ3v) is 3.74. The lowest BCUT2D eigenvalue weighted by Gasteiger charge is -2.06. The van der Waals surface area contributed by atoms with Crippen molar-refractivity contribution >= 4 is 17.5 Å². The molecular weight excluding hydrogens is 168 g/mol. The summed E-state index contributed by atoms with van der Waals surface area (Å²) in [5.74, 6) is 1.20. The number of hydrogen-bond acceptors (Lipinski definition) is 2. The lowest BCUT2D eigenvalue weighted by atomic mass is 10.3. The predicted molar refractivity (Wildman–Crippen MR) is 54.6 cm³/mol. The van der Waals surface area contributed by atoms with E-state index in [2.05, 4.69) is 6.92 Å². The van der Waals surface area contributed by atoms with Gasteiger partial charge in [0.25, 0.3) is 0 Å². The van der Waals surface area contributed by atoms with Gasteiger partial charge in [-0.2, -0.15) is 11.8 Å². The normalized spacial score (nSPS) is 18.4. The van der Waals surface area contributed by atoms with Crippen LogP contribution in [0.2, 0.25) is 0 Å². The lowest BCUT2D eigenvalue weighted by molar-refractivity contribution is -0.116. The van der Waals surface area contributed by atoms with Crippen LogP contribution in [0.15, 0.2) is 0 Å². The van der Waals surface area contributed by atoms with Crippen LogP contribution in [0.25, 0.3) is 0 Å². The molecular formula is C10H18OS. The summed E-state index contributed by atoms with van der Waals surface area (Å²) in [5, 5.41) is 0.797. The summed E-state index contributed by atoms with van der Waals surface area (Å²) >= 11 is 1.88. The van der Waals surface area contributed by atoms with Gasteiger partial charge in [0.1, 0.15) is 5.78 Å². The van der Waals surface area contributed by atoms with Crippen LogP contribution in [0.4, 0.5) is 0 Å². The summed E-state index contributed by atoms with van der Waals surface area (Å²) in [6.45, 7) is 2.07. The standard InChI is InChI=1S/C10H18OS/c1-2-5-9(11)8-12-10-6-3-4-7-10/h10H,2-8H2,1H3. The van der Waals surface area contributed by atoms with Crippen molar-refractivity contribution in [3.05, 3.63) is 0 Å². The van der Waals surface area contributed by atoms with Gasteiger partial charge in [0.2, 0.25) is 0 Å². The zero-order chi connectivity index (χ0) is 8.81. The molecule has 12 heavy (non-hydrogen) atoms. The molecule has 0 atom stereocenters. The molecule has 70 valence electrons. The SMILES string of the molecule is CCCC(=O)CSC1CCCC1. The van der Waals surface area contributed by atoms with Crippen LogP contribution in [0.3, 0.4) is 0 Å². The number of hydrogen-bond donors (Lipinski definition) is 0. The Kier molecular flexibility index (Phi) is 4.74. The Bertz CT molecular complexity index is 139. The summed E-state index contributed by atoms with van der Waals surface area (Å²) in [7, 11) is 0. The summed E-state index contributed by atoms with van der Waals surface area (Å²) in [6.07, 6.45) is 7.21. The van der Waals surface area contributed by atoms with E-state index in [4.69, 9.17) is 0 Å². The second-order valence-corrected chi connectivity index (χ2v) is 4.79. The van der Waals surface area contributed by atoms with Crippen molar-refractivity contribution in [2.45, 2.75) is 50.7 Å². The summed E-state index contributed by atoms with van der Waals surface area (Å²) < 4.78 is 0. The maximum Gasteiger partial charge on any atom is 0.142 e. The smallest absolute Gasteiger partial charge is 0.142 e. The van der Waals surface area contributed by atoms with E-state index in [0.717, 1.165) is 23.8 Å². The second kappa shape index (κ2) is 5.63. The Hall–Kier alpha value is 0.0200. The predicted octanol–water partition coefficient (Wildman–Crippen LogP) is 3.03. The number of carbonyl (C=O) groups is 1. The summed E-state index contributed by atoms with van der Waals surface area (Å²) in [4.78, 5) is 11.2. The minimum Gasteiger partial charge on any atom is -0.299 e. The fraction of sp³-hybridized carbons (Fsp3) is 0.900. The average molecular weight is 186 g/mol. The van der Waals surface area contributed by atoms with Crippen LogP contribution >= 0.6 is 11.8 Å². The van der Waals surface area contributed by atoms with Crippen molar-refractivity contribution < 1.29 is 4.79 Å². The molecule has 1 aliphatic rings. The average Bonchev–Trinajstić information content (AvgIpc) is 2.53. The number of carbonyl (C=O) groups excluding carboxylic acids is 1. The van der Waals surface area contributed by atoms with Crippen LogP contribution in [0.5, 0.6) is 0 Å².